The first-order valence-corrected chi connectivity index (χ1v) is 13.2. The zero-order valence-electron chi connectivity index (χ0n) is 19.6. The van der Waals surface area contributed by atoms with Crippen LogP contribution in [0, 0.1) is 5.92 Å². The third kappa shape index (κ3) is 6.59. The SMILES string of the molecule is CC(C)Cc1ccc(S(=O)(=O)N/N=C\c2cn(Cc3ccc(Cl)cc3)nc2-c2ccccc2)cc1. The first-order valence-electron chi connectivity index (χ1n) is 11.3. The molecule has 0 saturated carbocycles. The van der Waals surface area contributed by atoms with Crippen molar-refractivity contribution in [1.82, 2.24) is 14.6 Å². The Balaban J connectivity index is 1.55. The number of hydrogen-bond donors (Lipinski definition) is 1. The van der Waals surface area contributed by atoms with Gasteiger partial charge in [0.15, 0.2) is 0 Å². The minimum Gasteiger partial charge on any atom is -0.267 e. The van der Waals surface area contributed by atoms with E-state index < -0.39 is 10.0 Å². The van der Waals surface area contributed by atoms with Crippen LogP contribution in [0.1, 0.15) is 30.5 Å². The van der Waals surface area contributed by atoms with E-state index in [4.69, 9.17) is 16.7 Å². The lowest BCUT2D eigenvalue weighted by Crippen LogP contribution is -2.18. The monoisotopic (exact) mass is 506 g/mol. The van der Waals surface area contributed by atoms with E-state index in [0.29, 0.717) is 28.7 Å². The largest absolute Gasteiger partial charge is 0.276 e. The van der Waals surface area contributed by atoms with E-state index in [1.165, 1.54) is 6.21 Å². The van der Waals surface area contributed by atoms with Crippen molar-refractivity contribution >= 4 is 27.8 Å². The number of nitrogens with zero attached hydrogens (tertiary/aromatic N) is 3. The summed E-state index contributed by atoms with van der Waals surface area (Å²) in [5.41, 5.74) is 4.46. The van der Waals surface area contributed by atoms with Gasteiger partial charge in [-0.05, 0) is 47.7 Å². The van der Waals surface area contributed by atoms with Gasteiger partial charge in [0.05, 0.1) is 17.7 Å². The second-order valence-electron chi connectivity index (χ2n) is 8.72. The van der Waals surface area contributed by atoms with Crippen LogP contribution in [-0.2, 0) is 23.0 Å². The lowest BCUT2D eigenvalue weighted by Gasteiger charge is -2.07. The molecule has 0 unspecified atom stereocenters. The number of hydrazone groups is 1. The van der Waals surface area contributed by atoms with Gasteiger partial charge in [-0.2, -0.15) is 18.6 Å². The molecule has 0 spiro atoms. The van der Waals surface area contributed by atoms with Crippen LogP contribution in [0.3, 0.4) is 0 Å². The molecule has 180 valence electrons. The molecular formula is C27H27ClN4O2S. The second kappa shape index (κ2) is 10.9. The Labute approximate surface area is 211 Å². The standard InChI is InChI=1S/C27H27ClN4O2S/c1-20(2)16-21-10-14-26(15-11-21)35(33,34)31-29-17-24-19-32(18-22-8-12-25(28)13-9-22)30-27(24)23-6-4-3-5-7-23/h3-15,17,19-20,31H,16,18H2,1-2H3/b29-17-. The number of hydrogen-bond acceptors (Lipinski definition) is 4. The molecule has 4 aromatic rings. The minimum absolute atomic E-state index is 0.170. The van der Waals surface area contributed by atoms with Gasteiger partial charge in [-0.1, -0.05) is 80.0 Å². The molecular weight excluding hydrogens is 480 g/mol. The summed E-state index contributed by atoms with van der Waals surface area (Å²) in [7, 11) is -3.79. The molecule has 0 bridgehead atoms. The van der Waals surface area contributed by atoms with Crippen molar-refractivity contribution in [3.63, 3.8) is 0 Å². The van der Waals surface area contributed by atoms with Crippen LogP contribution in [0.2, 0.25) is 5.02 Å². The second-order valence-corrected chi connectivity index (χ2v) is 10.8. The molecule has 1 aromatic heterocycles. The molecule has 0 aliphatic heterocycles. The molecule has 6 nitrogen and oxygen atoms in total. The summed E-state index contributed by atoms with van der Waals surface area (Å²) in [6, 6.07) is 24.2. The fourth-order valence-electron chi connectivity index (χ4n) is 3.70. The van der Waals surface area contributed by atoms with Crippen molar-refractivity contribution in [2.75, 3.05) is 0 Å². The Bertz CT molecular complexity index is 1400. The molecule has 4 rings (SSSR count). The lowest BCUT2D eigenvalue weighted by molar-refractivity contribution is 0.584. The first-order chi connectivity index (χ1) is 16.8. The molecule has 1 N–H and O–H groups in total. The van der Waals surface area contributed by atoms with Crippen LogP contribution in [0.15, 0.2) is 95.1 Å². The molecule has 0 amide bonds. The molecule has 0 aliphatic carbocycles. The van der Waals surface area contributed by atoms with Crippen LogP contribution < -0.4 is 4.83 Å². The fourth-order valence-corrected chi connectivity index (χ4v) is 4.62. The Morgan fingerprint density at radius 2 is 1.63 bits per heavy atom. The van der Waals surface area contributed by atoms with Gasteiger partial charge in [0.25, 0.3) is 10.0 Å². The van der Waals surface area contributed by atoms with E-state index >= 15 is 0 Å². The molecule has 1 heterocycles. The number of halogens is 1. The summed E-state index contributed by atoms with van der Waals surface area (Å²) in [4.78, 5) is 2.49. The molecule has 8 heteroatoms. The van der Waals surface area contributed by atoms with Crippen molar-refractivity contribution in [3.8, 4) is 11.3 Å². The molecule has 0 aliphatic rings. The molecule has 35 heavy (non-hydrogen) atoms. The van der Waals surface area contributed by atoms with E-state index in [-0.39, 0.29) is 4.90 Å². The number of aromatic nitrogens is 2. The van der Waals surface area contributed by atoms with Crippen molar-refractivity contribution in [2.24, 2.45) is 11.0 Å². The topological polar surface area (TPSA) is 76.3 Å². The Kier molecular flexibility index (Phi) is 7.68. The van der Waals surface area contributed by atoms with Gasteiger partial charge >= 0.3 is 0 Å². The third-order valence-electron chi connectivity index (χ3n) is 5.35. The van der Waals surface area contributed by atoms with E-state index in [9.17, 15) is 8.42 Å². The van der Waals surface area contributed by atoms with E-state index in [1.807, 2.05) is 72.9 Å². The van der Waals surface area contributed by atoms with Crippen LogP contribution in [0.4, 0.5) is 0 Å². The highest BCUT2D eigenvalue weighted by Crippen LogP contribution is 2.22. The van der Waals surface area contributed by atoms with Crippen LogP contribution in [-0.4, -0.2) is 24.4 Å². The van der Waals surface area contributed by atoms with Gasteiger partial charge in [-0.3, -0.25) is 4.68 Å². The number of nitrogens with one attached hydrogen (secondary N) is 1. The quantitative estimate of drug-likeness (QED) is 0.231. The summed E-state index contributed by atoms with van der Waals surface area (Å²) >= 11 is 5.99. The summed E-state index contributed by atoms with van der Waals surface area (Å²) in [5.74, 6) is 0.500. The van der Waals surface area contributed by atoms with E-state index in [0.717, 1.165) is 23.1 Å². The molecule has 3 aromatic carbocycles. The molecule has 0 atom stereocenters. The van der Waals surface area contributed by atoms with E-state index in [1.54, 1.807) is 16.8 Å². The number of rotatable bonds is 9. The zero-order chi connectivity index (χ0) is 24.8. The summed E-state index contributed by atoms with van der Waals surface area (Å²) in [5, 5.41) is 9.44. The van der Waals surface area contributed by atoms with Crippen molar-refractivity contribution in [3.05, 3.63) is 107 Å². The normalized spacial score (nSPS) is 11.9. The average Bonchev–Trinajstić information content (AvgIpc) is 3.23. The van der Waals surface area contributed by atoms with Crippen molar-refractivity contribution < 1.29 is 8.42 Å². The Morgan fingerprint density at radius 3 is 2.29 bits per heavy atom. The van der Waals surface area contributed by atoms with Crippen molar-refractivity contribution in [2.45, 2.75) is 31.7 Å². The number of benzene rings is 3. The van der Waals surface area contributed by atoms with Crippen molar-refractivity contribution in [1.29, 1.82) is 0 Å². The molecule has 0 fully saturated rings. The average molecular weight is 507 g/mol. The third-order valence-corrected chi connectivity index (χ3v) is 6.84. The fraction of sp³-hybridized carbons (Fsp3) is 0.185. The van der Waals surface area contributed by atoms with Crippen LogP contribution in [0.5, 0.6) is 0 Å². The smallest absolute Gasteiger partial charge is 0.267 e. The summed E-state index contributed by atoms with van der Waals surface area (Å²) in [6.45, 7) is 4.80. The van der Waals surface area contributed by atoms with Gasteiger partial charge in [0.1, 0.15) is 5.69 Å². The summed E-state index contributed by atoms with van der Waals surface area (Å²) in [6.07, 6.45) is 4.22. The van der Waals surface area contributed by atoms with Gasteiger partial charge in [-0.15, -0.1) is 0 Å². The van der Waals surface area contributed by atoms with Gasteiger partial charge in [0.2, 0.25) is 0 Å². The minimum atomic E-state index is -3.79. The zero-order valence-corrected chi connectivity index (χ0v) is 21.2. The lowest BCUT2D eigenvalue weighted by atomic mass is 10.0. The maximum Gasteiger partial charge on any atom is 0.276 e. The molecule has 0 radical (unpaired) electrons. The van der Waals surface area contributed by atoms with E-state index in [2.05, 4.69) is 23.8 Å². The van der Waals surface area contributed by atoms with Crippen LogP contribution >= 0.6 is 11.6 Å². The Hall–Kier alpha value is -3.42. The first kappa shape index (κ1) is 24.7. The summed E-state index contributed by atoms with van der Waals surface area (Å²) < 4.78 is 27.3. The van der Waals surface area contributed by atoms with Gasteiger partial charge in [-0.25, -0.2) is 4.83 Å². The highest BCUT2D eigenvalue weighted by molar-refractivity contribution is 7.89. The maximum atomic E-state index is 12.7. The predicted molar refractivity (Wildman–Crippen MR) is 141 cm³/mol. The maximum absolute atomic E-state index is 12.7. The number of sulfonamides is 1. The van der Waals surface area contributed by atoms with Gasteiger partial charge in [0, 0.05) is 22.3 Å². The van der Waals surface area contributed by atoms with Crippen LogP contribution in [0.25, 0.3) is 11.3 Å². The predicted octanol–water partition coefficient (Wildman–Crippen LogP) is 5.76. The Morgan fingerprint density at radius 1 is 0.971 bits per heavy atom. The highest BCUT2D eigenvalue weighted by atomic mass is 35.5. The highest BCUT2D eigenvalue weighted by Gasteiger charge is 2.14. The molecule has 0 saturated heterocycles. The van der Waals surface area contributed by atoms with Gasteiger partial charge < -0.3 is 0 Å².